The molecule has 0 aliphatic rings. The average molecular weight is 342 g/mol. The molecule has 0 heterocycles. The van der Waals surface area contributed by atoms with Gasteiger partial charge in [0.05, 0.1) is 14.7 Å². The molecule has 3 nitrogen and oxygen atoms in total. The maximum absolute atomic E-state index is 12.9. The summed E-state index contributed by atoms with van der Waals surface area (Å²) in [6.07, 6.45) is 0. The van der Waals surface area contributed by atoms with E-state index in [2.05, 4.69) is 0 Å². The summed E-state index contributed by atoms with van der Waals surface area (Å²) < 4.78 is 5.09. The zero-order valence-electron chi connectivity index (χ0n) is 14.5. The normalized spacial score (nSPS) is 13.0. The van der Waals surface area contributed by atoms with Gasteiger partial charge in [-0.1, -0.05) is 75.4 Å². The molecule has 0 aliphatic carbocycles. The number of rotatable bonds is 6. The van der Waals surface area contributed by atoms with Crippen LogP contribution in [0.3, 0.4) is 0 Å². The van der Waals surface area contributed by atoms with Crippen LogP contribution in [-0.4, -0.2) is 18.4 Å². The van der Waals surface area contributed by atoms with Crippen molar-refractivity contribution in [1.29, 1.82) is 0 Å². The Labute approximate surface area is 145 Å². The molecule has 0 saturated heterocycles. The van der Waals surface area contributed by atoms with E-state index in [1.54, 1.807) is 27.4 Å². The van der Waals surface area contributed by atoms with Crippen LogP contribution in [0.5, 0.6) is 0 Å². The van der Waals surface area contributed by atoms with E-state index in [0.717, 1.165) is 11.1 Å². The smallest absolute Gasteiger partial charge is 0.312 e. The van der Waals surface area contributed by atoms with Gasteiger partial charge < -0.3 is 4.52 Å². The maximum atomic E-state index is 12.9. The SMILES string of the molecule is CPOC(=O)C(C)C(C)(C)C(=O)c1ccc(-c2ccccc2)cc1. The molecule has 4 heteroatoms. The lowest BCUT2D eigenvalue weighted by Crippen LogP contribution is -2.36. The zero-order valence-corrected chi connectivity index (χ0v) is 15.5. The molecule has 0 amide bonds. The summed E-state index contributed by atoms with van der Waals surface area (Å²) in [6, 6.07) is 17.5. The summed E-state index contributed by atoms with van der Waals surface area (Å²) in [6.45, 7) is 7.14. The number of benzene rings is 2. The highest BCUT2D eigenvalue weighted by Crippen LogP contribution is 2.33. The van der Waals surface area contributed by atoms with Gasteiger partial charge >= 0.3 is 5.97 Å². The van der Waals surface area contributed by atoms with Crippen molar-refractivity contribution >= 4 is 20.6 Å². The lowest BCUT2D eigenvalue weighted by atomic mass is 9.74. The molecule has 0 N–H and O–H groups in total. The van der Waals surface area contributed by atoms with Crippen LogP contribution < -0.4 is 0 Å². The van der Waals surface area contributed by atoms with E-state index < -0.39 is 11.3 Å². The molecule has 2 aromatic rings. The Kier molecular flexibility index (Phi) is 5.90. The molecule has 126 valence electrons. The van der Waals surface area contributed by atoms with Crippen LogP contribution in [-0.2, 0) is 9.32 Å². The van der Waals surface area contributed by atoms with Gasteiger partial charge in [0.25, 0.3) is 0 Å². The van der Waals surface area contributed by atoms with Crippen molar-refractivity contribution in [2.75, 3.05) is 6.66 Å². The first-order valence-corrected chi connectivity index (χ1v) is 9.36. The van der Waals surface area contributed by atoms with Crippen LogP contribution in [0.1, 0.15) is 31.1 Å². The number of ketones is 1. The highest BCUT2D eigenvalue weighted by molar-refractivity contribution is 7.31. The van der Waals surface area contributed by atoms with Gasteiger partial charge in [-0.3, -0.25) is 9.59 Å². The predicted molar refractivity (Wildman–Crippen MR) is 99.5 cm³/mol. The summed E-state index contributed by atoms with van der Waals surface area (Å²) in [5.41, 5.74) is 1.96. The quantitative estimate of drug-likeness (QED) is 0.550. The van der Waals surface area contributed by atoms with Crippen molar-refractivity contribution in [3.05, 3.63) is 60.2 Å². The van der Waals surface area contributed by atoms with Gasteiger partial charge in [0.2, 0.25) is 0 Å². The number of hydrogen-bond donors (Lipinski definition) is 0. The molecule has 24 heavy (non-hydrogen) atoms. The van der Waals surface area contributed by atoms with Crippen molar-refractivity contribution in [2.24, 2.45) is 11.3 Å². The van der Waals surface area contributed by atoms with E-state index in [0.29, 0.717) is 5.56 Å². The van der Waals surface area contributed by atoms with Gasteiger partial charge in [-0.2, -0.15) is 0 Å². The molecule has 0 aliphatic heterocycles. The first-order chi connectivity index (χ1) is 11.4. The maximum Gasteiger partial charge on any atom is 0.312 e. The van der Waals surface area contributed by atoms with Gasteiger partial charge in [0.15, 0.2) is 5.78 Å². The average Bonchev–Trinajstić information content (AvgIpc) is 2.61. The van der Waals surface area contributed by atoms with Crippen LogP contribution in [0.25, 0.3) is 11.1 Å². The molecule has 2 unspecified atom stereocenters. The van der Waals surface area contributed by atoms with Crippen LogP contribution in [0.4, 0.5) is 0 Å². The fraction of sp³-hybridized carbons (Fsp3) is 0.300. The van der Waals surface area contributed by atoms with E-state index in [9.17, 15) is 9.59 Å². The second-order valence-corrected chi connectivity index (χ2v) is 6.95. The molecular weight excluding hydrogens is 319 g/mol. The van der Waals surface area contributed by atoms with Crippen molar-refractivity contribution in [3.63, 3.8) is 0 Å². The summed E-state index contributed by atoms with van der Waals surface area (Å²) in [5.74, 6) is -0.868. The van der Waals surface area contributed by atoms with Gasteiger partial charge in [-0.15, -0.1) is 0 Å². The number of carbonyl (C=O) groups excluding carboxylic acids is 2. The third kappa shape index (κ3) is 3.91. The topological polar surface area (TPSA) is 43.4 Å². The Bertz CT molecular complexity index is 705. The largest absolute Gasteiger partial charge is 0.448 e. The Morgan fingerprint density at radius 2 is 1.50 bits per heavy atom. The van der Waals surface area contributed by atoms with Gasteiger partial charge in [-0.25, -0.2) is 0 Å². The summed E-state index contributed by atoms with van der Waals surface area (Å²) in [4.78, 5) is 24.9. The molecule has 2 rings (SSSR count). The molecule has 2 aromatic carbocycles. The van der Waals surface area contributed by atoms with Crippen LogP contribution >= 0.6 is 8.81 Å². The fourth-order valence-electron chi connectivity index (χ4n) is 2.50. The highest BCUT2D eigenvalue weighted by atomic mass is 31.1. The summed E-state index contributed by atoms with van der Waals surface area (Å²) >= 11 is 0. The molecule has 0 aromatic heterocycles. The molecule has 2 atom stereocenters. The van der Waals surface area contributed by atoms with Crippen LogP contribution in [0.2, 0.25) is 0 Å². The Morgan fingerprint density at radius 1 is 0.958 bits per heavy atom. The Balaban J connectivity index is 2.21. The molecule has 0 spiro atoms. The van der Waals surface area contributed by atoms with Crippen molar-refractivity contribution in [3.8, 4) is 11.1 Å². The molecule has 0 bridgehead atoms. The Hall–Kier alpha value is -1.99. The standard InChI is InChI=1S/C20H23O3P/c1-14(19(22)23-24-4)20(2,3)18(21)17-12-10-16(11-13-17)15-8-6-5-7-9-15/h5-14,24H,1-4H3. The minimum absolute atomic E-state index is 0.0500. The predicted octanol–water partition coefficient (Wildman–Crippen LogP) is 4.97. The fourth-order valence-corrected chi connectivity index (χ4v) is 2.87. The molecule has 0 saturated carbocycles. The summed E-state index contributed by atoms with van der Waals surface area (Å²) in [7, 11) is 0.0914. The van der Waals surface area contributed by atoms with Crippen molar-refractivity contribution < 1.29 is 14.1 Å². The van der Waals surface area contributed by atoms with E-state index in [1.807, 2.05) is 54.6 Å². The zero-order chi connectivity index (χ0) is 17.7. The van der Waals surface area contributed by atoms with E-state index in [1.165, 1.54) is 0 Å². The van der Waals surface area contributed by atoms with Crippen LogP contribution in [0.15, 0.2) is 54.6 Å². The minimum Gasteiger partial charge on any atom is -0.448 e. The molecule has 0 fully saturated rings. The Morgan fingerprint density at radius 3 is 2.04 bits per heavy atom. The highest BCUT2D eigenvalue weighted by Gasteiger charge is 2.39. The second kappa shape index (κ2) is 7.72. The number of hydrogen-bond acceptors (Lipinski definition) is 3. The first kappa shape index (κ1) is 18.4. The molecule has 0 radical (unpaired) electrons. The second-order valence-electron chi connectivity index (χ2n) is 6.34. The van der Waals surface area contributed by atoms with E-state index in [-0.39, 0.29) is 20.6 Å². The third-order valence-corrected chi connectivity index (χ3v) is 4.88. The minimum atomic E-state index is -0.814. The monoisotopic (exact) mass is 342 g/mol. The lowest BCUT2D eigenvalue weighted by molar-refractivity contribution is -0.140. The summed E-state index contributed by atoms with van der Waals surface area (Å²) in [5, 5.41) is 0. The van der Waals surface area contributed by atoms with Crippen molar-refractivity contribution in [2.45, 2.75) is 20.8 Å². The lowest BCUT2D eigenvalue weighted by Gasteiger charge is -2.28. The third-order valence-electron chi connectivity index (χ3n) is 4.48. The number of carbonyl (C=O) groups is 2. The first-order valence-electron chi connectivity index (χ1n) is 7.95. The number of Topliss-reactive ketones (excluding diaryl/α,β-unsaturated/α-hetero) is 1. The van der Waals surface area contributed by atoms with Gasteiger partial charge in [-0.05, 0) is 17.8 Å². The molecular formula is C20H23O3P. The van der Waals surface area contributed by atoms with Gasteiger partial charge in [0.1, 0.15) is 0 Å². The van der Waals surface area contributed by atoms with Crippen LogP contribution in [0, 0.1) is 11.3 Å². The van der Waals surface area contributed by atoms with Crippen molar-refractivity contribution in [1.82, 2.24) is 0 Å². The van der Waals surface area contributed by atoms with E-state index >= 15 is 0 Å². The van der Waals surface area contributed by atoms with Gasteiger partial charge in [0, 0.05) is 11.0 Å². The van der Waals surface area contributed by atoms with E-state index in [4.69, 9.17) is 4.52 Å².